The van der Waals surface area contributed by atoms with Crippen molar-refractivity contribution < 1.29 is 19.1 Å². The lowest BCUT2D eigenvalue weighted by atomic mass is 9.94. The lowest BCUT2D eigenvalue weighted by Crippen LogP contribution is -2.62. The van der Waals surface area contributed by atoms with E-state index in [2.05, 4.69) is 15.8 Å². The van der Waals surface area contributed by atoms with Crippen LogP contribution in [0.4, 0.5) is 0 Å². The molecule has 2 aromatic carbocycles. The molecule has 2 aliphatic rings. The van der Waals surface area contributed by atoms with E-state index in [0.29, 0.717) is 33.7 Å². The average molecular weight is 405 g/mol. The first kappa shape index (κ1) is 18.4. The standard InChI is InChI=1S/C22H19N3O5/c1-12-11-22(25-30-12)24-18(19(26)13-6-5-7-14(10-13)28-2)17-20(29-22)15-8-3-4-9-16(15)23-21(17)27/h3-11,18,24-25H,1-2H3,(H,23,27). The third-order valence-corrected chi connectivity index (χ3v) is 5.21. The third-order valence-electron chi connectivity index (χ3n) is 5.21. The van der Waals surface area contributed by atoms with E-state index in [9.17, 15) is 9.59 Å². The van der Waals surface area contributed by atoms with Gasteiger partial charge in [-0.15, -0.1) is 0 Å². The van der Waals surface area contributed by atoms with E-state index in [1.165, 1.54) is 7.11 Å². The van der Waals surface area contributed by atoms with Gasteiger partial charge in [0.2, 0.25) is 0 Å². The van der Waals surface area contributed by atoms with Crippen molar-refractivity contribution in [2.75, 3.05) is 7.11 Å². The fourth-order valence-electron chi connectivity index (χ4n) is 3.84. The highest BCUT2D eigenvalue weighted by Crippen LogP contribution is 2.39. The molecule has 2 unspecified atom stereocenters. The minimum absolute atomic E-state index is 0.215. The summed E-state index contributed by atoms with van der Waals surface area (Å²) in [4.78, 5) is 34.7. The zero-order valence-electron chi connectivity index (χ0n) is 16.3. The number of nitrogens with one attached hydrogen (secondary N) is 3. The Morgan fingerprint density at radius 3 is 2.77 bits per heavy atom. The minimum atomic E-state index is -1.28. The molecule has 0 bridgehead atoms. The molecule has 2 atom stereocenters. The van der Waals surface area contributed by atoms with Crippen molar-refractivity contribution in [3.8, 4) is 11.5 Å². The summed E-state index contributed by atoms with van der Waals surface area (Å²) in [6.07, 6.45) is 1.69. The molecule has 0 fully saturated rings. The number of allylic oxidation sites excluding steroid dienone is 1. The number of benzene rings is 2. The van der Waals surface area contributed by atoms with Crippen LogP contribution in [0.25, 0.3) is 10.9 Å². The number of pyridine rings is 1. The highest BCUT2D eigenvalue weighted by Gasteiger charge is 2.47. The van der Waals surface area contributed by atoms with E-state index in [0.717, 1.165) is 0 Å². The van der Waals surface area contributed by atoms with Crippen LogP contribution in [0.1, 0.15) is 28.9 Å². The van der Waals surface area contributed by atoms with E-state index in [4.69, 9.17) is 14.3 Å². The Kier molecular flexibility index (Phi) is 4.12. The van der Waals surface area contributed by atoms with Crippen molar-refractivity contribution in [3.63, 3.8) is 0 Å². The Morgan fingerprint density at radius 1 is 1.17 bits per heavy atom. The number of H-pyrrole nitrogens is 1. The van der Waals surface area contributed by atoms with Crippen molar-refractivity contribution in [1.29, 1.82) is 0 Å². The van der Waals surface area contributed by atoms with Crippen LogP contribution < -0.4 is 25.8 Å². The van der Waals surface area contributed by atoms with Crippen LogP contribution in [0.15, 0.2) is 65.2 Å². The van der Waals surface area contributed by atoms with Crippen LogP contribution in [0.5, 0.6) is 11.5 Å². The van der Waals surface area contributed by atoms with Gasteiger partial charge in [-0.3, -0.25) is 9.59 Å². The largest absolute Gasteiger partial charge is 0.497 e. The molecular weight excluding hydrogens is 386 g/mol. The zero-order valence-corrected chi connectivity index (χ0v) is 16.3. The molecule has 2 aliphatic heterocycles. The van der Waals surface area contributed by atoms with Gasteiger partial charge in [-0.1, -0.05) is 29.7 Å². The number of rotatable bonds is 3. The number of hydroxylamine groups is 1. The Morgan fingerprint density at radius 2 is 2.00 bits per heavy atom. The van der Waals surface area contributed by atoms with Crippen LogP contribution in [-0.4, -0.2) is 23.7 Å². The predicted molar refractivity (Wildman–Crippen MR) is 109 cm³/mol. The fraction of sp³-hybridized carbons (Fsp3) is 0.182. The minimum Gasteiger partial charge on any atom is -0.497 e. The first-order valence-corrected chi connectivity index (χ1v) is 9.43. The number of hydrogen-bond acceptors (Lipinski definition) is 7. The van der Waals surface area contributed by atoms with Gasteiger partial charge in [0.15, 0.2) is 5.78 Å². The van der Waals surface area contributed by atoms with Gasteiger partial charge in [0.25, 0.3) is 11.4 Å². The number of carbonyl (C=O) groups is 1. The molecular formula is C22H19N3O5. The summed E-state index contributed by atoms with van der Waals surface area (Å²) in [5, 5.41) is 3.80. The van der Waals surface area contributed by atoms with Gasteiger partial charge in [0.05, 0.1) is 18.2 Å². The molecule has 30 heavy (non-hydrogen) atoms. The van der Waals surface area contributed by atoms with Gasteiger partial charge in [0, 0.05) is 17.0 Å². The number of Topliss-reactive ketones (excluding diaryl/α,β-unsaturated/α-hetero) is 1. The molecule has 8 heteroatoms. The second kappa shape index (κ2) is 6.72. The quantitative estimate of drug-likeness (QED) is 0.576. The van der Waals surface area contributed by atoms with Crippen molar-refractivity contribution >= 4 is 16.7 Å². The molecule has 8 nitrogen and oxygen atoms in total. The Labute approximate surface area is 171 Å². The average Bonchev–Trinajstić information content (AvgIpc) is 3.12. The van der Waals surface area contributed by atoms with Crippen LogP contribution in [0.3, 0.4) is 0 Å². The topological polar surface area (TPSA) is 102 Å². The Hall–Kier alpha value is -3.62. The summed E-state index contributed by atoms with van der Waals surface area (Å²) in [5.41, 5.74) is 3.63. The number of aromatic amines is 1. The fourth-order valence-corrected chi connectivity index (χ4v) is 3.84. The molecule has 0 saturated heterocycles. The number of ketones is 1. The van der Waals surface area contributed by atoms with Gasteiger partial charge < -0.3 is 19.3 Å². The summed E-state index contributed by atoms with van der Waals surface area (Å²) in [6.45, 7) is 1.76. The number of fused-ring (bicyclic) bond motifs is 3. The first-order chi connectivity index (χ1) is 14.5. The SMILES string of the molecule is COc1cccc(C(=O)C2NC3(C=C(C)ON3)Oc3c2c(=O)[nH]c2ccccc32)c1. The van der Waals surface area contributed by atoms with E-state index in [1.54, 1.807) is 43.3 Å². The maximum Gasteiger partial charge on any atom is 0.272 e. The van der Waals surface area contributed by atoms with Crippen molar-refractivity contribution in [1.82, 2.24) is 15.8 Å². The van der Waals surface area contributed by atoms with E-state index in [-0.39, 0.29) is 11.3 Å². The second-order valence-corrected chi connectivity index (χ2v) is 7.21. The molecule has 0 amide bonds. The molecule has 1 aromatic heterocycles. The number of aromatic nitrogens is 1. The van der Waals surface area contributed by atoms with Gasteiger partial charge in [-0.05, 0) is 31.2 Å². The summed E-state index contributed by atoms with van der Waals surface area (Å²) in [6, 6.07) is 13.1. The van der Waals surface area contributed by atoms with Crippen LogP contribution in [-0.2, 0) is 4.84 Å². The summed E-state index contributed by atoms with van der Waals surface area (Å²) in [7, 11) is 1.53. The summed E-state index contributed by atoms with van der Waals surface area (Å²) >= 11 is 0. The highest BCUT2D eigenvalue weighted by atomic mass is 16.7. The maximum absolute atomic E-state index is 13.5. The van der Waals surface area contributed by atoms with E-state index >= 15 is 0 Å². The molecule has 1 spiro atoms. The van der Waals surface area contributed by atoms with Gasteiger partial charge in [-0.2, -0.15) is 0 Å². The first-order valence-electron chi connectivity index (χ1n) is 9.43. The number of hydrogen-bond donors (Lipinski definition) is 3. The van der Waals surface area contributed by atoms with Crippen molar-refractivity contribution in [2.45, 2.75) is 18.8 Å². The van der Waals surface area contributed by atoms with E-state index < -0.39 is 17.5 Å². The molecule has 0 saturated carbocycles. The molecule has 3 aromatic rings. The van der Waals surface area contributed by atoms with E-state index in [1.807, 2.05) is 18.2 Å². The van der Waals surface area contributed by atoms with Crippen molar-refractivity contribution in [3.05, 3.63) is 81.8 Å². The van der Waals surface area contributed by atoms with Crippen molar-refractivity contribution in [2.24, 2.45) is 0 Å². The number of ether oxygens (including phenoxy) is 2. The maximum atomic E-state index is 13.5. The normalized spacial score (nSPS) is 22.2. The van der Waals surface area contributed by atoms with Crippen LogP contribution >= 0.6 is 0 Å². The third kappa shape index (κ3) is 2.85. The summed E-state index contributed by atoms with van der Waals surface area (Å²) in [5.74, 6) is -0.122. The molecule has 152 valence electrons. The van der Waals surface area contributed by atoms with Gasteiger partial charge in [0.1, 0.15) is 23.3 Å². The molecule has 3 N–H and O–H groups in total. The van der Waals surface area contributed by atoms with Gasteiger partial charge >= 0.3 is 0 Å². The lowest BCUT2D eigenvalue weighted by Gasteiger charge is -2.38. The summed E-state index contributed by atoms with van der Waals surface area (Å²) < 4.78 is 11.4. The smallest absolute Gasteiger partial charge is 0.272 e. The van der Waals surface area contributed by atoms with Crippen LogP contribution in [0.2, 0.25) is 0 Å². The number of methoxy groups -OCH3 is 1. The molecule has 0 radical (unpaired) electrons. The molecule has 3 heterocycles. The number of carbonyl (C=O) groups excluding carboxylic acids is 1. The Balaban J connectivity index is 1.72. The highest BCUT2D eigenvalue weighted by molar-refractivity contribution is 6.02. The monoisotopic (exact) mass is 405 g/mol. The predicted octanol–water partition coefficient (Wildman–Crippen LogP) is 2.54. The zero-order chi connectivity index (χ0) is 20.9. The van der Waals surface area contributed by atoms with Crippen LogP contribution in [0, 0.1) is 0 Å². The van der Waals surface area contributed by atoms with Gasteiger partial charge in [-0.25, -0.2) is 5.32 Å². The lowest BCUT2D eigenvalue weighted by molar-refractivity contribution is -0.0617. The Bertz CT molecular complexity index is 1270. The number of para-hydroxylation sites is 1. The second-order valence-electron chi connectivity index (χ2n) is 7.21. The molecule has 0 aliphatic carbocycles. The molecule has 5 rings (SSSR count).